The lowest BCUT2D eigenvalue weighted by Crippen LogP contribution is -2.36. The maximum atomic E-state index is 12.5. The molecule has 1 unspecified atom stereocenters. The zero-order chi connectivity index (χ0) is 16.4. The summed E-state index contributed by atoms with van der Waals surface area (Å²) in [7, 11) is -0.211. The molecule has 8 heteroatoms. The number of carbonyl (C=O) groups is 1. The van der Waals surface area contributed by atoms with Gasteiger partial charge in [0.1, 0.15) is 5.75 Å². The Morgan fingerprint density at radius 1 is 1.38 bits per heavy atom. The summed E-state index contributed by atoms with van der Waals surface area (Å²) in [5.41, 5.74) is 4.37. The topological polar surface area (TPSA) is 63.4 Å². The molecule has 0 bridgehead atoms. The van der Waals surface area contributed by atoms with Crippen molar-refractivity contribution in [1.29, 1.82) is 0 Å². The third-order valence-electron chi connectivity index (χ3n) is 3.00. The van der Waals surface area contributed by atoms with Crippen molar-refractivity contribution in [2.45, 2.75) is 31.0 Å². The number of rotatable bonds is 4. The molecule has 1 atom stereocenters. The molecule has 1 aromatic rings. The minimum absolute atomic E-state index is 0.0357. The number of nitrogens with zero attached hydrogens (tertiary/aromatic N) is 1. The van der Waals surface area contributed by atoms with E-state index in [1.54, 1.807) is 20.9 Å². The van der Waals surface area contributed by atoms with E-state index in [0.29, 0.717) is 0 Å². The first-order chi connectivity index (χ1) is 9.54. The fourth-order valence-corrected chi connectivity index (χ4v) is 2.64. The third kappa shape index (κ3) is 4.45. The van der Waals surface area contributed by atoms with Crippen molar-refractivity contribution in [2.24, 2.45) is 0 Å². The second kappa shape index (κ2) is 6.46. The van der Waals surface area contributed by atoms with Crippen molar-refractivity contribution in [3.8, 4) is 0 Å². The lowest BCUT2D eigenvalue weighted by Gasteiger charge is -2.21. The number of halogens is 3. The van der Waals surface area contributed by atoms with E-state index < -0.39 is 22.5 Å². The molecule has 0 radical (unpaired) electrons. The maximum absolute atomic E-state index is 12.5. The fourth-order valence-electron chi connectivity index (χ4n) is 1.51. The lowest BCUT2D eigenvalue weighted by atomic mass is 10.2. The Morgan fingerprint density at radius 3 is 2.38 bits per heavy atom. The predicted molar refractivity (Wildman–Crippen MR) is 75.0 cm³/mol. The molecule has 4 nitrogen and oxygen atoms in total. The van der Waals surface area contributed by atoms with E-state index in [-0.39, 0.29) is 28.3 Å². The summed E-state index contributed by atoms with van der Waals surface area (Å²) in [6.07, 6.45) is -4.51. The number of nitrogens with two attached hydrogens (primary N) is 1. The zero-order valence-electron chi connectivity index (χ0n) is 11.9. The van der Waals surface area contributed by atoms with Gasteiger partial charge in [0.25, 0.3) is 0 Å². The molecular formula is C13H17F3N2O2S. The van der Waals surface area contributed by atoms with Gasteiger partial charge in [-0.1, -0.05) is 0 Å². The van der Waals surface area contributed by atoms with Crippen LogP contribution in [-0.2, 0) is 21.8 Å². The van der Waals surface area contributed by atoms with Crippen molar-refractivity contribution in [3.63, 3.8) is 0 Å². The van der Waals surface area contributed by atoms with Crippen LogP contribution in [-0.4, -0.2) is 33.9 Å². The number of carbonyl (C=O) groups excluding carboxylic acids is 1. The highest BCUT2D eigenvalue weighted by Crippen LogP contribution is 2.32. The van der Waals surface area contributed by atoms with Crippen molar-refractivity contribution < 1.29 is 22.2 Å². The molecule has 0 aliphatic carbocycles. The Morgan fingerprint density at radius 2 is 1.95 bits per heavy atom. The molecule has 0 aromatic heterocycles. The Kier molecular flexibility index (Phi) is 5.38. The molecule has 21 heavy (non-hydrogen) atoms. The van der Waals surface area contributed by atoms with E-state index in [0.717, 1.165) is 18.2 Å². The molecule has 0 aliphatic heterocycles. The Bertz CT molecular complexity index is 559. The maximum Gasteiger partial charge on any atom is 0.416 e. The van der Waals surface area contributed by atoms with E-state index in [9.17, 15) is 22.2 Å². The lowest BCUT2D eigenvalue weighted by molar-refractivity contribution is -0.137. The van der Waals surface area contributed by atoms with Gasteiger partial charge in [0.15, 0.2) is 0 Å². The zero-order valence-corrected chi connectivity index (χ0v) is 12.7. The van der Waals surface area contributed by atoms with Crippen molar-refractivity contribution in [1.82, 2.24) is 4.90 Å². The van der Waals surface area contributed by atoms with Crippen LogP contribution in [0.2, 0.25) is 0 Å². The van der Waals surface area contributed by atoms with E-state index in [1.165, 1.54) is 4.90 Å². The highest BCUT2D eigenvalue weighted by Gasteiger charge is 2.31. The molecule has 0 saturated carbocycles. The van der Waals surface area contributed by atoms with E-state index in [2.05, 4.69) is 0 Å². The van der Waals surface area contributed by atoms with Gasteiger partial charge >= 0.3 is 6.18 Å². The summed E-state index contributed by atoms with van der Waals surface area (Å²) < 4.78 is 49.6. The van der Waals surface area contributed by atoms with Crippen molar-refractivity contribution >= 4 is 22.4 Å². The van der Waals surface area contributed by atoms with Crippen LogP contribution >= 0.6 is 0 Å². The van der Waals surface area contributed by atoms with E-state index in [1.807, 2.05) is 0 Å². The minimum atomic E-state index is -4.51. The molecule has 0 fully saturated rings. The second-order valence-electron chi connectivity index (χ2n) is 4.84. The molecule has 1 rings (SSSR count). The molecule has 1 amide bonds. The minimum Gasteiger partial charge on any atom is -0.398 e. The smallest absolute Gasteiger partial charge is 0.398 e. The van der Waals surface area contributed by atoms with Crippen molar-refractivity contribution in [2.75, 3.05) is 18.5 Å². The van der Waals surface area contributed by atoms with Crippen LogP contribution in [0.4, 0.5) is 18.9 Å². The van der Waals surface area contributed by atoms with Crippen LogP contribution in [0.25, 0.3) is 0 Å². The molecule has 0 spiro atoms. The first kappa shape index (κ1) is 17.5. The summed E-state index contributed by atoms with van der Waals surface area (Å²) >= 11 is 0. The van der Waals surface area contributed by atoms with Gasteiger partial charge in [0.2, 0.25) is 5.91 Å². The van der Waals surface area contributed by atoms with Crippen LogP contribution in [0.5, 0.6) is 0 Å². The molecule has 118 valence electrons. The summed E-state index contributed by atoms with van der Waals surface area (Å²) in [4.78, 5) is 13.3. The number of amides is 1. The highest BCUT2D eigenvalue weighted by molar-refractivity contribution is 7.86. The van der Waals surface area contributed by atoms with E-state index in [4.69, 9.17) is 5.73 Å². The summed E-state index contributed by atoms with van der Waals surface area (Å²) in [6, 6.07) is 2.53. The van der Waals surface area contributed by atoms with Crippen LogP contribution in [0.3, 0.4) is 0 Å². The predicted octanol–water partition coefficient (Wildman–Crippen LogP) is 2.26. The van der Waals surface area contributed by atoms with Gasteiger partial charge in [-0.2, -0.15) is 13.2 Å². The molecule has 0 aliphatic rings. The Labute approximate surface area is 123 Å². The summed E-state index contributed by atoms with van der Waals surface area (Å²) in [6.45, 7) is 3.60. The number of benzene rings is 1. The third-order valence-corrected chi connectivity index (χ3v) is 4.38. The first-order valence-corrected chi connectivity index (χ1v) is 7.46. The fraction of sp³-hybridized carbons (Fsp3) is 0.462. The number of hydrogen-bond donors (Lipinski definition) is 1. The van der Waals surface area contributed by atoms with Crippen molar-refractivity contribution in [3.05, 3.63) is 23.8 Å². The van der Waals surface area contributed by atoms with Gasteiger partial charge in [-0.3, -0.25) is 9.00 Å². The first-order valence-electron chi connectivity index (χ1n) is 6.14. The molecule has 0 saturated heterocycles. The average Bonchev–Trinajstić information content (AvgIpc) is 2.36. The van der Waals surface area contributed by atoms with Crippen LogP contribution in [0, 0.1) is 0 Å². The van der Waals surface area contributed by atoms with E-state index >= 15 is 0 Å². The van der Waals surface area contributed by atoms with Crippen LogP contribution in [0.15, 0.2) is 23.1 Å². The SMILES string of the molecule is CC(C)N(C)C(=O)CS(=O)c1ccc(C(F)(F)F)cc1N. The molecule has 1 aromatic carbocycles. The second-order valence-corrected chi connectivity index (χ2v) is 6.26. The van der Waals surface area contributed by atoms with Gasteiger partial charge in [-0.05, 0) is 32.0 Å². The number of nitrogen functional groups attached to an aromatic ring is 1. The van der Waals surface area contributed by atoms with Gasteiger partial charge in [-0.25, -0.2) is 0 Å². The summed E-state index contributed by atoms with van der Waals surface area (Å²) in [5, 5.41) is 0. The Hall–Kier alpha value is -1.57. The summed E-state index contributed by atoms with van der Waals surface area (Å²) in [5.74, 6) is -0.674. The number of alkyl halides is 3. The molecule has 0 heterocycles. The standard InChI is InChI=1S/C13H17F3N2O2S/c1-8(2)18(3)12(19)7-21(20)11-5-4-9(6-10(11)17)13(14,15)16/h4-6,8H,7,17H2,1-3H3. The highest BCUT2D eigenvalue weighted by atomic mass is 32.2. The van der Waals surface area contributed by atoms with Gasteiger partial charge in [0.05, 0.1) is 21.3 Å². The van der Waals surface area contributed by atoms with Gasteiger partial charge in [-0.15, -0.1) is 0 Å². The average molecular weight is 322 g/mol. The monoisotopic (exact) mass is 322 g/mol. The molecular weight excluding hydrogens is 305 g/mol. The van der Waals surface area contributed by atoms with Crippen LogP contribution in [0.1, 0.15) is 19.4 Å². The molecule has 2 N–H and O–H groups in total. The normalized spacial score (nSPS) is 13.3. The number of hydrogen-bond acceptors (Lipinski definition) is 3. The quantitative estimate of drug-likeness (QED) is 0.865. The van der Waals surface area contributed by atoms with Gasteiger partial charge in [0, 0.05) is 18.8 Å². The largest absolute Gasteiger partial charge is 0.416 e. The number of anilines is 1. The van der Waals surface area contributed by atoms with Crippen LogP contribution < -0.4 is 5.73 Å². The van der Waals surface area contributed by atoms with Gasteiger partial charge < -0.3 is 10.6 Å². The Balaban J connectivity index is 2.92.